The molecule has 2 unspecified atom stereocenters. The zero-order valence-electron chi connectivity index (χ0n) is 17.4. The van der Waals surface area contributed by atoms with Crippen LogP contribution in [0.15, 0.2) is 29.1 Å². The number of piperidine rings is 1. The Balaban J connectivity index is 1.41. The Morgan fingerprint density at radius 3 is 2.45 bits per heavy atom. The van der Waals surface area contributed by atoms with Gasteiger partial charge in [-0.1, -0.05) is 26.0 Å². The van der Waals surface area contributed by atoms with Crippen LogP contribution in [0.4, 0.5) is 0 Å². The standard InChI is InChI=1S/C23H31N3O2S/c1-15-11-16(2)13-25(12-15)21(27)18-9-7-17(8-10-18)14-26-22(28)19-5-3-4-6-20(19)24-23(26)29/h3-6,15-18H,7-14H2,1-2H3,(H,24,29). The first-order chi connectivity index (χ1) is 13.9. The second kappa shape index (κ2) is 8.42. The first-order valence-corrected chi connectivity index (χ1v) is 11.3. The minimum Gasteiger partial charge on any atom is -0.342 e. The second-order valence-corrected chi connectivity index (χ2v) is 9.69. The first kappa shape index (κ1) is 20.3. The van der Waals surface area contributed by atoms with Gasteiger partial charge in [0.2, 0.25) is 5.91 Å². The van der Waals surface area contributed by atoms with Crippen LogP contribution in [0.2, 0.25) is 0 Å². The molecule has 1 aromatic heterocycles. The molecule has 6 heteroatoms. The Labute approximate surface area is 177 Å². The van der Waals surface area contributed by atoms with Crippen LogP contribution in [0.25, 0.3) is 10.9 Å². The monoisotopic (exact) mass is 413 g/mol. The van der Waals surface area contributed by atoms with Crippen molar-refractivity contribution in [3.8, 4) is 0 Å². The predicted molar refractivity (Wildman–Crippen MR) is 118 cm³/mol. The van der Waals surface area contributed by atoms with Gasteiger partial charge in [-0.25, -0.2) is 0 Å². The predicted octanol–water partition coefficient (Wildman–Crippen LogP) is 4.37. The maximum Gasteiger partial charge on any atom is 0.262 e. The van der Waals surface area contributed by atoms with Crippen molar-refractivity contribution in [2.75, 3.05) is 13.1 Å². The molecule has 0 bridgehead atoms. The fraction of sp³-hybridized carbons (Fsp3) is 0.609. The molecule has 1 N–H and O–H groups in total. The summed E-state index contributed by atoms with van der Waals surface area (Å²) in [4.78, 5) is 31.2. The molecule has 2 heterocycles. The van der Waals surface area contributed by atoms with Crippen molar-refractivity contribution in [1.29, 1.82) is 0 Å². The molecule has 1 amide bonds. The van der Waals surface area contributed by atoms with Gasteiger partial charge < -0.3 is 9.88 Å². The van der Waals surface area contributed by atoms with E-state index in [2.05, 4.69) is 23.7 Å². The average Bonchev–Trinajstić information content (AvgIpc) is 2.70. The fourth-order valence-corrected chi connectivity index (χ4v) is 5.58. The van der Waals surface area contributed by atoms with Gasteiger partial charge in [0, 0.05) is 25.6 Å². The molecule has 2 aliphatic rings. The van der Waals surface area contributed by atoms with Crippen LogP contribution in [-0.4, -0.2) is 33.4 Å². The highest BCUT2D eigenvalue weighted by Crippen LogP contribution is 2.32. The van der Waals surface area contributed by atoms with Crippen molar-refractivity contribution in [2.45, 2.75) is 52.5 Å². The zero-order chi connectivity index (χ0) is 20.5. The smallest absolute Gasteiger partial charge is 0.262 e. The summed E-state index contributed by atoms with van der Waals surface area (Å²) in [5.41, 5.74) is 0.775. The number of nitrogens with zero attached hydrogens (tertiary/aromatic N) is 2. The van der Waals surface area contributed by atoms with E-state index in [0.717, 1.165) is 44.3 Å². The number of hydrogen-bond acceptors (Lipinski definition) is 3. The summed E-state index contributed by atoms with van der Waals surface area (Å²) in [5.74, 6) is 2.09. The SMILES string of the molecule is CC1CC(C)CN(C(=O)C2CCC(Cn3c(=S)[nH]c4ccccc4c3=O)CC2)C1. The van der Waals surface area contributed by atoms with E-state index in [-0.39, 0.29) is 11.5 Å². The van der Waals surface area contributed by atoms with E-state index in [1.807, 2.05) is 24.3 Å². The Bertz CT molecular complexity index is 993. The Morgan fingerprint density at radius 1 is 1.10 bits per heavy atom. The number of carbonyl (C=O) groups is 1. The van der Waals surface area contributed by atoms with E-state index in [9.17, 15) is 9.59 Å². The molecular formula is C23H31N3O2S. The van der Waals surface area contributed by atoms with E-state index >= 15 is 0 Å². The largest absolute Gasteiger partial charge is 0.342 e. The molecule has 5 nitrogen and oxygen atoms in total. The number of H-pyrrole nitrogens is 1. The summed E-state index contributed by atoms with van der Waals surface area (Å²) in [7, 11) is 0. The van der Waals surface area contributed by atoms with Gasteiger partial charge in [0.1, 0.15) is 0 Å². The van der Waals surface area contributed by atoms with Gasteiger partial charge in [-0.3, -0.25) is 14.2 Å². The number of fused-ring (bicyclic) bond motifs is 1. The van der Waals surface area contributed by atoms with Crippen molar-refractivity contribution >= 4 is 29.0 Å². The molecule has 156 valence electrons. The quantitative estimate of drug-likeness (QED) is 0.760. The summed E-state index contributed by atoms with van der Waals surface area (Å²) < 4.78 is 2.20. The van der Waals surface area contributed by atoms with Crippen molar-refractivity contribution < 1.29 is 4.79 Å². The summed E-state index contributed by atoms with van der Waals surface area (Å²) in [6, 6.07) is 7.51. The van der Waals surface area contributed by atoms with Crippen molar-refractivity contribution in [2.24, 2.45) is 23.7 Å². The number of aromatic nitrogens is 2. The Morgan fingerprint density at radius 2 is 1.76 bits per heavy atom. The van der Waals surface area contributed by atoms with Gasteiger partial charge in [0.15, 0.2) is 4.77 Å². The summed E-state index contributed by atoms with van der Waals surface area (Å²) >= 11 is 5.45. The molecule has 1 saturated carbocycles. The zero-order valence-corrected chi connectivity index (χ0v) is 18.2. The van der Waals surface area contributed by atoms with Crippen LogP contribution in [0, 0.1) is 28.4 Å². The molecule has 4 rings (SSSR count). The number of aromatic amines is 1. The van der Waals surface area contributed by atoms with Crippen LogP contribution < -0.4 is 5.56 Å². The molecule has 1 aliphatic heterocycles. The summed E-state index contributed by atoms with van der Waals surface area (Å²) in [5, 5.41) is 0.679. The molecule has 1 aliphatic carbocycles. The third-order valence-corrected chi connectivity index (χ3v) is 7.03. The van der Waals surface area contributed by atoms with Crippen LogP contribution in [0.3, 0.4) is 0 Å². The summed E-state index contributed by atoms with van der Waals surface area (Å²) in [6.45, 7) is 6.95. The van der Waals surface area contributed by atoms with Gasteiger partial charge in [0.05, 0.1) is 10.9 Å². The lowest BCUT2D eigenvalue weighted by Crippen LogP contribution is -2.46. The lowest BCUT2D eigenvalue weighted by molar-refractivity contribution is -0.139. The van der Waals surface area contributed by atoms with Gasteiger partial charge in [-0.2, -0.15) is 0 Å². The van der Waals surface area contributed by atoms with E-state index in [1.165, 1.54) is 6.42 Å². The van der Waals surface area contributed by atoms with E-state index in [0.29, 0.717) is 40.4 Å². The van der Waals surface area contributed by atoms with Crippen molar-refractivity contribution in [3.63, 3.8) is 0 Å². The average molecular weight is 414 g/mol. The highest BCUT2D eigenvalue weighted by Gasteiger charge is 2.33. The maximum absolute atomic E-state index is 13.0. The normalized spacial score (nSPS) is 27.9. The fourth-order valence-electron chi connectivity index (χ4n) is 5.32. The number of benzene rings is 1. The van der Waals surface area contributed by atoms with Gasteiger partial charge in [-0.15, -0.1) is 0 Å². The number of amides is 1. The third kappa shape index (κ3) is 4.32. The maximum atomic E-state index is 13.0. The highest BCUT2D eigenvalue weighted by molar-refractivity contribution is 7.71. The van der Waals surface area contributed by atoms with Crippen molar-refractivity contribution in [3.05, 3.63) is 39.4 Å². The van der Waals surface area contributed by atoms with Crippen LogP contribution >= 0.6 is 12.2 Å². The first-order valence-electron chi connectivity index (χ1n) is 10.9. The van der Waals surface area contributed by atoms with Crippen molar-refractivity contribution in [1.82, 2.24) is 14.5 Å². The van der Waals surface area contributed by atoms with E-state index in [4.69, 9.17) is 12.2 Å². The molecule has 2 fully saturated rings. The lowest BCUT2D eigenvalue weighted by Gasteiger charge is -2.38. The van der Waals surface area contributed by atoms with E-state index < -0.39 is 0 Å². The highest BCUT2D eigenvalue weighted by atomic mass is 32.1. The molecule has 0 radical (unpaired) electrons. The minimum absolute atomic E-state index is 0.0150. The van der Waals surface area contributed by atoms with Crippen LogP contribution in [0.5, 0.6) is 0 Å². The number of nitrogens with one attached hydrogen (secondary N) is 1. The molecule has 1 saturated heterocycles. The minimum atomic E-state index is -0.0150. The number of hydrogen-bond donors (Lipinski definition) is 1. The third-order valence-electron chi connectivity index (χ3n) is 6.71. The molecule has 2 aromatic rings. The summed E-state index contributed by atoms with van der Waals surface area (Å²) in [6.07, 6.45) is 5.01. The molecular weight excluding hydrogens is 382 g/mol. The molecule has 0 spiro atoms. The van der Waals surface area contributed by atoms with Gasteiger partial charge in [0.25, 0.3) is 5.56 Å². The second-order valence-electron chi connectivity index (χ2n) is 9.30. The number of para-hydroxylation sites is 1. The number of likely N-dealkylation sites (tertiary alicyclic amines) is 1. The van der Waals surface area contributed by atoms with Gasteiger partial charge >= 0.3 is 0 Å². The molecule has 1 aromatic carbocycles. The topological polar surface area (TPSA) is 58.1 Å². The van der Waals surface area contributed by atoms with Crippen LogP contribution in [-0.2, 0) is 11.3 Å². The van der Waals surface area contributed by atoms with Crippen LogP contribution in [0.1, 0.15) is 46.0 Å². The Hall–Kier alpha value is -1.95. The number of carbonyl (C=O) groups excluding carboxylic acids is 1. The van der Waals surface area contributed by atoms with Gasteiger partial charge in [-0.05, 0) is 74.2 Å². The molecule has 2 atom stereocenters. The number of rotatable bonds is 3. The lowest BCUT2D eigenvalue weighted by atomic mass is 9.80. The Kier molecular flexibility index (Phi) is 5.91. The molecule has 29 heavy (non-hydrogen) atoms. The van der Waals surface area contributed by atoms with E-state index in [1.54, 1.807) is 4.57 Å².